The quantitative estimate of drug-likeness (QED) is 0.704. The summed E-state index contributed by atoms with van der Waals surface area (Å²) in [6.07, 6.45) is 1.37. The van der Waals surface area contributed by atoms with E-state index in [-0.39, 0.29) is 18.5 Å². The molecule has 0 spiro atoms. The van der Waals surface area contributed by atoms with E-state index in [9.17, 15) is 9.59 Å². The number of hydrogen-bond acceptors (Lipinski definition) is 6. The molecule has 3 aliphatic heterocycles. The van der Waals surface area contributed by atoms with Gasteiger partial charge in [0.05, 0.1) is 13.2 Å². The Morgan fingerprint density at radius 2 is 1.70 bits per heavy atom. The second kappa shape index (κ2) is 7.95. The lowest BCUT2D eigenvalue weighted by atomic mass is 10.1. The molecule has 0 aliphatic carbocycles. The number of guanidine groups is 1. The van der Waals surface area contributed by atoms with E-state index in [0.717, 1.165) is 28.3 Å². The summed E-state index contributed by atoms with van der Waals surface area (Å²) in [4.78, 5) is 38.2. The number of carbonyl (C=O) groups is 2. The molecule has 0 radical (unpaired) electrons. The number of hydrogen-bond donors (Lipinski definition) is 0. The Morgan fingerprint density at radius 1 is 1.00 bits per heavy atom. The zero-order valence-corrected chi connectivity index (χ0v) is 19.2. The number of benzene rings is 2. The molecule has 2 aromatic carbocycles. The molecule has 0 saturated carbocycles. The highest BCUT2D eigenvalue weighted by Gasteiger charge is 2.54. The topological polar surface area (TPSA) is 68.7 Å². The van der Waals surface area contributed by atoms with Crippen molar-refractivity contribution in [1.29, 1.82) is 0 Å². The van der Waals surface area contributed by atoms with Crippen LogP contribution in [0.1, 0.15) is 25.0 Å². The van der Waals surface area contributed by atoms with Gasteiger partial charge in [-0.1, -0.05) is 29.8 Å². The summed E-state index contributed by atoms with van der Waals surface area (Å²) in [5, 5.41) is 0. The molecule has 0 bridgehead atoms. The first-order chi connectivity index (χ1) is 15.9. The monoisotopic (exact) mass is 445 g/mol. The Bertz CT molecular complexity index is 1160. The molecule has 0 aromatic heterocycles. The average Bonchev–Trinajstić information content (AvgIpc) is 3.32. The van der Waals surface area contributed by atoms with Crippen molar-refractivity contribution in [3.8, 4) is 5.75 Å². The van der Waals surface area contributed by atoms with Crippen LogP contribution in [0.5, 0.6) is 5.75 Å². The standard InChI is InChI=1S/C25H27N5O3/c1-5-33-20-12-10-19(11-13-20)30-17(3)14-28-21-22(26-24(28)30)27(4)25(32)29(23(21)31)15-18-8-6-16(2)7-9-18/h6-14,21-22H,5,15H2,1-4H3. The van der Waals surface area contributed by atoms with Crippen LogP contribution in [-0.4, -0.2) is 58.5 Å². The van der Waals surface area contributed by atoms with Gasteiger partial charge in [-0.05, 0) is 50.6 Å². The summed E-state index contributed by atoms with van der Waals surface area (Å²) in [6.45, 7) is 6.78. The van der Waals surface area contributed by atoms with Gasteiger partial charge < -0.3 is 14.5 Å². The predicted octanol–water partition coefficient (Wildman–Crippen LogP) is 3.54. The molecular formula is C25H27N5O3. The van der Waals surface area contributed by atoms with E-state index in [1.807, 2.05) is 85.3 Å². The highest BCUT2D eigenvalue weighted by Crippen LogP contribution is 2.37. The third kappa shape index (κ3) is 3.42. The summed E-state index contributed by atoms with van der Waals surface area (Å²) in [7, 11) is 1.71. The fraction of sp³-hybridized carbons (Fsp3) is 0.320. The van der Waals surface area contributed by atoms with E-state index in [1.54, 1.807) is 11.9 Å². The zero-order chi connectivity index (χ0) is 23.3. The minimum absolute atomic E-state index is 0.236. The Kier molecular flexibility index (Phi) is 5.08. The summed E-state index contributed by atoms with van der Waals surface area (Å²) in [5.74, 6) is 1.21. The van der Waals surface area contributed by atoms with Gasteiger partial charge in [0, 0.05) is 24.6 Å². The number of ether oxygens (including phenoxy) is 1. The van der Waals surface area contributed by atoms with Crippen molar-refractivity contribution in [3.05, 3.63) is 71.6 Å². The second-order valence-electron chi connectivity index (χ2n) is 8.53. The van der Waals surface area contributed by atoms with E-state index in [4.69, 9.17) is 9.73 Å². The molecular weight excluding hydrogens is 418 g/mol. The lowest BCUT2D eigenvalue weighted by Gasteiger charge is -2.40. The van der Waals surface area contributed by atoms with Gasteiger partial charge in [0.25, 0.3) is 5.91 Å². The molecule has 5 rings (SSSR count). The summed E-state index contributed by atoms with van der Waals surface area (Å²) < 4.78 is 5.55. The van der Waals surface area contributed by atoms with Crippen molar-refractivity contribution >= 4 is 23.6 Å². The van der Waals surface area contributed by atoms with E-state index in [0.29, 0.717) is 12.6 Å². The number of amides is 3. The number of imide groups is 1. The molecule has 8 nitrogen and oxygen atoms in total. The Hall–Kier alpha value is -3.81. The van der Waals surface area contributed by atoms with Crippen LogP contribution in [0.15, 0.2) is 65.4 Å². The van der Waals surface area contributed by atoms with Gasteiger partial charge >= 0.3 is 6.03 Å². The number of nitrogens with zero attached hydrogens (tertiary/aromatic N) is 5. The van der Waals surface area contributed by atoms with Crippen LogP contribution in [0, 0.1) is 6.92 Å². The first-order valence-corrected chi connectivity index (χ1v) is 11.1. The number of aliphatic imine (C=N–C) groups is 1. The average molecular weight is 446 g/mol. The van der Waals surface area contributed by atoms with Crippen LogP contribution in [0.4, 0.5) is 10.5 Å². The molecule has 3 amide bonds. The fourth-order valence-corrected chi connectivity index (χ4v) is 4.55. The van der Waals surface area contributed by atoms with E-state index in [1.165, 1.54) is 4.90 Å². The first-order valence-electron chi connectivity index (χ1n) is 11.1. The van der Waals surface area contributed by atoms with Crippen molar-refractivity contribution in [1.82, 2.24) is 14.7 Å². The summed E-state index contributed by atoms with van der Waals surface area (Å²) in [6, 6.07) is 14.7. The number of anilines is 1. The lowest BCUT2D eigenvalue weighted by molar-refractivity contribution is -0.137. The number of carbonyl (C=O) groups excluding carboxylic acids is 2. The van der Waals surface area contributed by atoms with Crippen LogP contribution >= 0.6 is 0 Å². The first kappa shape index (κ1) is 21.1. The van der Waals surface area contributed by atoms with Crippen molar-refractivity contribution < 1.29 is 14.3 Å². The maximum absolute atomic E-state index is 13.5. The molecule has 8 heteroatoms. The molecule has 2 atom stereocenters. The number of fused-ring (bicyclic) bond motifs is 3. The van der Waals surface area contributed by atoms with Crippen molar-refractivity contribution in [2.75, 3.05) is 18.6 Å². The number of rotatable bonds is 5. The molecule has 0 N–H and O–H groups in total. The van der Waals surface area contributed by atoms with Crippen molar-refractivity contribution in [2.45, 2.75) is 39.5 Å². The summed E-state index contributed by atoms with van der Waals surface area (Å²) >= 11 is 0. The van der Waals surface area contributed by atoms with Crippen LogP contribution in [0.3, 0.4) is 0 Å². The zero-order valence-electron chi connectivity index (χ0n) is 19.2. The van der Waals surface area contributed by atoms with Gasteiger partial charge in [-0.3, -0.25) is 14.6 Å². The van der Waals surface area contributed by atoms with Crippen LogP contribution < -0.4 is 9.64 Å². The molecule has 2 aromatic rings. The minimum atomic E-state index is -0.587. The molecule has 170 valence electrons. The van der Waals surface area contributed by atoms with E-state index >= 15 is 0 Å². The largest absolute Gasteiger partial charge is 0.494 e. The Balaban J connectivity index is 1.43. The fourth-order valence-electron chi connectivity index (χ4n) is 4.55. The highest BCUT2D eigenvalue weighted by molar-refractivity contribution is 6.09. The van der Waals surface area contributed by atoms with Gasteiger partial charge in [0.15, 0.2) is 12.2 Å². The predicted molar refractivity (Wildman–Crippen MR) is 126 cm³/mol. The van der Waals surface area contributed by atoms with Crippen molar-refractivity contribution in [2.24, 2.45) is 4.99 Å². The normalized spacial score (nSPS) is 21.8. The number of likely N-dealkylation sites (N-methyl/N-ethyl adjacent to an activating group) is 1. The Morgan fingerprint density at radius 3 is 2.36 bits per heavy atom. The van der Waals surface area contributed by atoms with E-state index < -0.39 is 12.2 Å². The van der Waals surface area contributed by atoms with Gasteiger partial charge in [-0.2, -0.15) is 0 Å². The molecule has 3 heterocycles. The SMILES string of the molecule is CCOc1ccc(N2C(C)=CN3C2=NC2C3C(=O)N(Cc3ccc(C)cc3)C(=O)N2C)cc1. The van der Waals surface area contributed by atoms with E-state index in [2.05, 4.69) is 0 Å². The van der Waals surface area contributed by atoms with Gasteiger partial charge in [-0.15, -0.1) is 0 Å². The summed E-state index contributed by atoms with van der Waals surface area (Å²) in [5.41, 5.74) is 3.92. The highest BCUT2D eigenvalue weighted by atomic mass is 16.5. The van der Waals surface area contributed by atoms with Crippen LogP contribution in [-0.2, 0) is 11.3 Å². The molecule has 33 heavy (non-hydrogen) atoms. The maximum Gasteiger partial charge on any atom is 0.328 e. The number of allylic oxidation sites excluding steroid dienone is 1. The van der Waals surface area contributed by atoms with Gasteiger partial charge in [-0.25, -0.2) is 9.79 Å². The third-order valence-corrected chi connectivity index (χ3v) is 6.26. The third-order valence-electron chi connectivity index (χ3n) is 6.26. The van der Waals surface area contributed by atoms with Crippen LogP contribution in [0.2, 0.25) is 0 Å². The van der Waals surface area contributed by atoms with Gasteiger partial charge in [0.2, 0.25) is 5.96 Å². The molecule has 1 saturated heterocycles. The lowest BCUT2D eigenvalue weighted by Crippen LogP contribution is -2.63. The Labute approximate surface area is 193 Å². The van der Waals surface area contributed by atoms with Crippen LogP contribution in [0.25, 0.3) is 0 Å². The molecule has 1 fully saturated rings. The van der Waals surface area contributed by atoms with Crippen molar-refractivity contribution in [3.63, 3.8) is 0 Å². The van der Waals surface area contributed by atoms with Gasteiger partial charge in [0.1, 0.15) is 5.75 Å². The smallest absolute Gasteiger partial charge is 0.328 e. The number of urea groups is 1. The second-order valence-corrected chi connectivity index (χ2v) is 8.53. The number of aryl methyl sites for hydroxylation is 1. The molecule has 2 unspecified atom stereocenters. The maximum atomic E-state index is 13.5. The molecule has 3 aliphatic rings. The minimum Gasteiger partial charge on any atom is -0.494 e.